The Balaban J connectivity index is 1.83. The van der Waals surface area contributed by atoms with Gasteiger partial charge in [0.25, 0.3) is 0 Å². The molecule has 0 aromatic carbocycles. The molecule has 3 rings (SSSR count). The molecule has 2 N–H and O–H groups in total. The van der Waals surface area contributed by atoms with Gasteiger partial charge in [-0.15, -0.1) is 0 Å². The minimum Gasteiger partial charge on any atom is -0.326 e. The van der Waals surface area contributed by atoms with Gasteiger partial charge in [-0.3, -0.25) is 14.8 Å². The topological polar surface area (TPSA) is 45.4 Å². The van der Waals surface area contributed by atoms with E-state index in [9.17, 15) is 0 Å². The van der Waals surface area contributed by atoms with Crippen LogP contribution < -0.4 is 5.73 Å². The van der Waals surface area contributed by atoms with Crippen molar-refractivity contribution in [3.63, 3.8) is 0 Å². The van der Waals surface area contributed by atoms with Crippen molar-refractivity contribution in [2.24, 2.45) is 5.73 Å². The van der Waals surface area contributed by atoms with Gasteiger partial charge in [0, 0.05) is 37.4 Å². The highest BCUT2D eigenvalue weighted by atomic mass is 15.3. The first-order valence-electron chi connectivity index (χ1n) is 8.33. The largest absolute Gasteiger partial charge is 0.326 e. The van der Waals surface area contributed by atoms with Gasteiger partial charge < -0.3 is 5.73 Å². The van der Waals surface area contributed by atoms with E-state index < -0.39 is 0 Å². The number of pyridine rings is 1. The van der Waals surface area contributed by atoms with Crippen LogP contribution in [0.15, 0.2) is 24.4 Å². The minimum atomic E-state index is 0.154. The minimum absolute atomic E-state index is 0.154. The Morgan fingerprint density at radius 2 is 2.10 bits per heavy atom. The van der Waals surface area contributed by atoms with Crippen LogP contribution in [0.5, 0.6) is 0 Å². The van der Waals surface area contributed by atoms with E-state index in [1.54, 1.807) is 0 Å². The van der Waals surface area contributed by atoms with Crippen molar-refractivity contribution in [3.05, 3.63) is 30.1 Å². The predicted octanol–water partition coefficient (Wildman–Crippen LogP) is 2.03. The van der Waals surface area contributed by atoms with Crippen molar-refractivity contribution in [1.29, 1.82) is 0 Å². The van der Waals surface area contributed by atoms with E-state index in [1.165, 1.54) is 19.3 Å². The number of nitrogens with zero attached hydrogens (tertiary/aromatic N) is 3. The monoisotopic (exact) mass is 288 g/mol. The van der Waals surface area contributed by atoms with Crippen LogP contribution >= 0.6 is 0 Å². The van der Waals surface area contributed by atoms with Gasteiger partial charge in [0.05, 0.1) is 11.7 Å². The molecule has 2 bridgehead atoms. The maximum atomic E-state index is 6.47. The van der Waals surface area contributed by atoms with Gasteiger partial charge >= 0.3 is 0 Å². The molecule has 1 aromatic rings. The van der Waals surface area contributed by atoms with Gasteiger partial charge in [-0.2, -0.15) is 0 Å². The van der Waals surface area contributed by atoms with Crippen molar-refractivity contribution in [2.75, 3.05) is 20.1 Å². The molecule has 4 unspecified atom stereocenters. The van der Waals surface area contributed by atoms with Crippen LogP contribution in [0.3, 0.4) is 0 Å². The molecule has 0 aliphatic carbocycles. The molecule has 3 heterocycles. The van der Waals surface area contributed by atoms with Gasteiger partial charge in [0.15, 0.2) is 0 Å². The summed E-state index contributed by atoms with van der Waals surface area (Å²) in [5.74, 6) is 0. The number of likely N-dealkylation sites (N-methyl/N-ethyl adjacent to an activating group) is 1. The molecule has 116 valence electrons. The second kappa shape index (κ2) is 6.42. The van der Waals surface area contributed by atoms with Crippen molar-refractivity contribution in [1.82, 2.24) is 14.8 Å². The predicted molar refractivity (Wildman–Crippen MR) is 86.0 cm³/mol. The summed E-state index contributed by atoms with van der Waals surface area (Å²) in [7, 11) is 2.29. The SMILES string of the molecule is CCC(N)C(c1ccccn1)N1CCC2CCC(C1)N2C. The lowest BCUT2D eigenvalue weighted by Gasteiger charge is -2.36. The third-order valence-electron chi connectivity index (χ3n) is 5.44. The van der Waals surface area contributed by atoms with Crippen molar-refractivity contribution >= 4 is 0 Å². The molecule has 0 saturated carbocycles. The summed E-state index contributed by atoms with van der Waals surface area (Å²) >= 11 is 0. The quantitative estimate of drug-likeness (QED) is 0.921. The van der Waals surface area contributed by atoms with Gasteiger partial charge in [0.2, 0.25) is 0 Å². The van der Waals surface area contributed by atoms with Gasteiger partial charge in [0.1, 0.15) is 0 Å². The molecular weight excluding hydrogens is 260 g/mol. The number of nitrogens with two attached hydrogens (primary N) is 1. The van der Waals surface area contributed by atoms with Crippen LogP contribution in [0.4, 0.5) is 0 Å². The summed E-state index contributed by atoms with van der Waals surface area (Å²) in [5, 5.41) is 0. The summed E-state index contributed by atoms with van der Waals surface area (Å²) in [5.41, 5.74) is 7.60. The van der Waals surface area contributed by atoms with Crippen molar-refractivity contribution < 1.29 is 0 Å². The smallest absolute Gasteiger partial charge is 0.0674 e. The zero-order valence-corrected chi connectivity index (χ0v) is 13.3. The molecule has 4 atom stereocenters. The normalized spacial score (nSPS) is 30.0. The highest BCUT2D eigenvalue weighted by Crippen LogP contribution is 2.33. The Hall–Kier alpha value is -0.970. The first-order chi connectivity index (χ1) is 10.2. The molecule has 1 aromatic heterocycles. The van der Waals surface area contributed by atoms with E-state index in [0.29, 0.717) is 6.04 Å². The average Bonchev–Trinajstić information content (AvgIpc) is 2.76. The molecule has 0 spiro atoms. The fraction of sp³-hybridized carbons (Fsp3) is 0.706. The number of hydrogen-bond donors (Lipinski definition) is 1. The van der Waals surface area contributed by atoms with E-state index in [0.717, 1.165) is 31.2 Å². The number of aromatic nitrogens is 1. The Kier molecular flexibility index (Phi) is 4.57. The number of likely N-dealkylation sites (tertiary alicyclic amines) is 1. The molecule has 2 aliphatic heterocycles. The molecule has 4 heteroatoms. The van der Waals surface area contributed by atoms with Gasteiger partial charge in [-0.1, -0.05) is 13.0 Å². The van der Waals surface area contributed by atoms with Gasteiger partial charge in [-0.25, -0.2) is 0 Å². The van der Waals surface area contributed by atoms with Gasteiger partial charge in [-0.05, 0) is 44.9 Å². The molecule has 0 amide bonds. The Morgan fingerprint density at radius 1 is 1.29 bits per heavy atom. The maximum Gasteiger partial charge on any atom is 0.0674 e. The molecule has 4 nitrogen and oxygen atoms in total. The molecule has 2 saturated heterocycles. The molecular formula is C17H28N4. The van der Waals surface area contributed by atoms with Crippen LogP contribution in [-0.4, -0.2) is 53.0 Å². The number of hydrogen-bond acceptors (Lipinski definition) is 4. The van der Waals surface area contributed by atoms with Crippen molar-refractivity contribution in [3.8, 4) is 0 Å². The second-order valence-electron chi connectivity index (χ2n) is 6.61. The number of fused-ring (bicyclic) bond motifs is 2. The fourth-order valence-corrected chi connectivity index (χ4v) is 4.04. The lowest BCUT2D eigenvalue weighted by molar-refractivity contribution is 0.147. The highest BCUT2D eigenvalue weighted by Gasteiger charge is 2.38. The maximum absolute atomic E-state index is 6.47. The summed E-state index contributed by atoms with van der Waals surface area (Å²) in [6, 6.07) is 8.05. The Bertz CT molecular complexity index is 449. The molecule has 2 fully saturated rings. The van der Waals surface area contributed by atoms with E-state index in [4.69, 9.17) is 5.73 Å². The van der Waals surface area contributed by atoms with Crippen LogP contribution in [0.1, 0.15) is 44.3 Å². The first kappa shape index (κ1) is 14.9. The Morgan fingerprint density at radius 3 is 2.81 bits per heavy atom. The lowest BCUT2D eigenvalue weighted by Crippen LogP contribution is -2.45. The fourth-order valence-electron chi connectivity index (χ4n) is 4.04. The third-order valence-corrected chi connectivity index (χ3v) is 5.44. The zero-order valence-electron chi connectivity index (χ0n) is 13.3. The third kappa shape index (κ3) is 2.98. The second-order valence-corrected chi connectivity index (χ2v) is 6.61. The van der Waals surface area contributed by atoms with E-state index in [2.05, 4.69) is 40.9 Å². The van der Waals surface area contributed by atoms with E-state index in [1.807, 2.05) is 12.3 Å². The van der Waals surface area contributed by atoms with Crippen LogP contribution in [0, 0.1) is 0 Å². The lowest BCUT2D eigenvalue weighted by atomic mass is 9.98. The molecule has 0 radical (unpaired) electrons. The van der Waals surface area contributed by atoms with E-state index >= 15 is 0 Å². The summed E-state index contributed by atoms with van der Waals surface area (Å²) in [6.45, 7) is 4.44. The van der Waals surface area contributed by atoms with Crippen molar-refractivity contribution in [2.45, 2.75) is 56.8 Å². The van der Waals surface area contributed by atoms with Crippen LogP contribution in [0.25, 0.3) is 0 Å². The first-order valence-corrected chi connectivity index (χ1v) is 8.33. The number of rotatable bonds is 4. The summed E-state index contributed by atoms with van der Waals surface area (Å²) < 4.78 is 0. The highest BCUT2D eigenvalue weighted by molar-refractivity contribution is 5.12. The summed E-state index contributed by atoms with van der Waals surface area (Å²) in [4.78, 5) is 9.78. The Labute approximate surface area is 128 Å². The average molecular weight is 288 g/mol. The standard InChI is InChI=1S/C17H28N4/c1-3-15(18)17(16-6-4-5-10-19-16)21-11-9-13-7-8-14(12-21)20(13)2/h4-6,10,13-15,17H,3,7-9,11-12,18H2,1-2H3. The summed E-state index contributed by atoms with van der Waals surface area (Å²) in [6.07, 6.45) is 6.83. The van der Waals surface area contributed by atoms with Crippen LogP contribution in [-0.2, 0) is 0 Å². The molecule has 21 heavy (non-hydrogen) atoms. The molecule has 2 aliphatic rings. The zero-order chi connectivity index (χ0) is 14.8. The van der Waals surface area contributed by atoms with Crippen LogP contribution in [0.2, 0.25) is 0 Å². The van der Waals surface area contributed by atoms with E-state index in [-0.39, 0.29) is 12.1 Å².